The maximum absolute atomic E-state index is 14.0. The number of ether oxygens (including phenoxy) is 3. The Morgan fingerprint density at radius 3 is 2.09 bits per heavy atom. The molecule has 0 radical (unpaired) electrons. The lowest BCUT2D eigenvalue weighted by Crippen LogP contribution is -2.22. The Labute approximate surface area is 254 Å². The average molecular weight is 583 g/mol. The van der Waals surface area contributed by atoms with Gasteiger partial charge in [0.2, 0.25) is 5.88 Å². The molecule has 216 valence electrons. The molecule has 6 rings (SSSR count). The summed E-state index contributed by atoms with van der Waals surface area (Å²) < 4.78 is 31.5. The van der Waals surface area contributed by atoms with E-state index in [9.17, 15) is 14.4 Å². The van der Waals surface area contributed by atoms with Crippen molar-refractivity contribution in [3.63, 3.8) is 0 Å². The molecule has 1 unspecified atom stereocenters. The van der Waals surface area contributed by atoms with Gasteiger partial charge in [0, 0.05) is 17.2 Å². The van der Waals surface area contributed by atoms with Crippen molar-refractivity contribution in [3.8, 4) is 23.3 Å². The molecule has 0 saturated carbocycles. The van der Waals surface area contributed by atoms with Gasteiger partial charge in [0.25, 0.3) is 0 Å². The number of halogens is 1. The van der Waals surface area contributed by atoms with Crippen molar-refractivity contribution in [2.75, 3.05) is 0 Å². The summed E-state index contributed by atoms with van der Waals surface area (Å²) in [5.74, 6) is -0.730. The predicted octanol–water partition coefficient (Wildman–Crippen LogP) is 7.36. The molecule has 0 saturated heterocycles. The van der Waals surface area contributed by atoms with E-state index in [1.54, 1.807) is 48.5 Å². The van der Waals surface area contributed by atoms with E-state index in [1.807, 2.05) is 72.8 Å². The molecular formula is C37H27FN2O4. The van der Waals surface area contributed by atoms with Gasteiger partial charge < -0.3 is 19.9 Å². The first-order valence-corrected chi connectivity index (χ1v) is 14.0. The molecule has 0 amide bonds. The Hall–Kier alpha value is -5.87. The van der Waals surface area contributed by atoms with Crippen molar-refractivity contribution < 1.29 is 23.4 Å². The fourth-order valence-corrected chi connectivity index (χ4v) is 5.31. The molecule has 5 aromatic carbocycles. The van der Waals surface area contributed by atoms with Crippen LogP contribution in [0.25, 0.3) is 0 Å². The van der Waals surface area contributed by atoms with Crippen molar-refractivity contribution >= 4 is 5.97 Å². The van der Waals surface area contributed by atoms with E-state index in [0.29, 0.717) is 22.6 Å². The Balaban J connectivity index is 1.25. The normalized spacial score (nSPS) is 13.9. The average Bonchev–Trinajstić information content (AvgIpc) is 3.05. The third-order valence-electron chi connectivity index (χ3n) is 7.48. The number of rotatable bonds is 8. The number of hydrogen-bond donors (Lipinski definition) is 1. The lowest BCUT2D eigenvalue weighted by Gasteiger charge is -2.27. The fraction of sp³-hybridized carbons (Fsp3) is 0.0811. The highest BCUT2D eigenvalue weighted by Gasteiger charge is 2.32. The molecule has 0 spiro atoms. The van der Waals surface area contributed by atoms with Crippen LogP contribution in [0.1, 0.15) is 39.7 Å². The molecule has 44 heavy (non-hydrogen) atoms. The number of nitriles is 1. The lowest BCUT2D eigenvalue weighted by molar-refractivity contribution is -0.135. The molecule has 5 aromatic rings. The second-order valence-electron chi connectivity index (χ2n) is 10.2. The van der Waals surface area contributed by atoms with Crippen LogP contribution in [0.5, 0.6) is 17.2 Å². The van der Waals surface area contributed by atoms with E-state index < -0.39 is 17.8 Å². The summed E-state index contributed by atoms with van der Waals surface area (Å²) in [5, 5.41) is 9.96. The maximum atomic E-state index is 14.0. The van der Waals surface area contributed by atoms with Gasteiger partial charge >= 0.3 is 5.97 Å². The second kappa shape index (κ2) is 12.6. The summed E-state index contributed by atoms with van der Waals surface area (Å²) in [6.45, 7) is 0.0827. The summed E-state index contributed by atoms with van der Waals surface area (Å²) in [4.78, 5) is 13.6. The fourth-order valence-electron chi connectivity index (χ4n) is 5.31. The van der Waals surface area contributed by atoms with Gasteiger partial charge in [-0.25, -0.2) is 4.39 Å². The Morgan fingerprint density at radius 1 is 0.841 bits per heavy atom. The number of nitrogens with two attached hydrogens (primary N) is 1. The highest BCUT2D eigenvalue weighted by atomic mass is 19.1. The molecule has 1 heterocycles. The van der Waals surface area contributed by atoms with Crippen molar-refractivity contribution in [2.45, 2.75) is 18.4 Å². The summed E-state index contributed by atoms with van der Waals surface area (Å²) in [7, 11) is 0. The van der Waals surface area contributed by atoms with Crippen molar-refractivity contribution in [3.05, 3.63) is 172 Å². The van der Waals surface area contributed by atoms with Crippen LogP contribution in [0.2, 0.25) is 0 Å². The number of hydrogen-bond acceptors (Lipinski definition) is 6. The highest BCUT2D eigenvalue weighted by molar-refractivity contribution is 5.84. The van der Waals surface area contributed by atoms with E-state index in [4.69, 9.17) is 19.9 Å². The van der Waals surface area contributed by atoms with Crippen LogP contribution in [0, 0.1) is 17.1 Å². The van der Waals surface area contributed by atoms with Crippen molar-refractivity contribution in [1.29, 1.82) is 5.26 Å². The minimum atomic E-state index is -0.628. The highest BCUT2D eigenvalue weighted by Crippen LogP contribution is 2.44. The topological polar surface area (TPSA) is 94.6 Å². The van der Waals surface area contributed by atoms with Gasteiger partial charge in [-0.3, -0.25) is 4.79 Å². The first-order chi connectivity index (χ1) is 21.5. The third-order valence-corrected chi connectivity index (χ3v) is 7.48. The predicted molar refractivity (Wildman–Crippen MR) is 163 cm³/mol. The summed E-state index contributed by atoms with van der Waals surface area (Å²) in [5.41, 5.74) is 10.0. The van der Waals surface area contributed by atoms with E-state index >= 15 is 0 Å². The summed E-state index contributed by atoms with van der Waals surface area (Å²) >= 11 is 0. The Bertz CT molecular complexity index is 1830. The van der Waals surface area contributed by atoms with E-state index in [2.05, 4.69) is 6.07 Å². The van der Waals surface area contributed by atoms with Crippen molar-refractivity contribution in [1.82, 2.24) is 0 Å². The quantitative estimate of drug-likeness (QED) is 0.152. The molecular weight excluding hydrogens is 555 g/mol. The largest absolute Gasteiger partial charge is 0.489 e. The monoisotopic (exact) mass is 582 g/mol. The molecule has 0 aliphatic carbocycles. The molecule has 0 aromatic heterocycles. The number of esters is 1. The van der Waals surface area contributed by atoms with E-state index in [1.165, 1.54) is 6.07 Å². The Kier molecular flexibility index (Phi) is 8.06. The van der Waals surface area contributed by atoms with Crippen LogP contribution in [-0.2, 0) is 11.4 Å². The summed E-state index contributed by atoms with van der Waals surface area (Å²) in [6, 6.07) is 39.8. The molecule has 7 heteroatoms. The van der Waals surface area contributed by atoms with Crippen LogP contribution in [0.15, 0.2) is 139 Å². The van der Waals surface area contributed by atoms with Crippen LogP contribution in [0.3, 0.4) is 0 Å². The van der Waals surface area contributed by atoms with Gasteiger partial charge in [-0.2, -0.15) is 5.26 Å². The number of allylic oxidation sites excluding steroid dienone is 1. The standard InChI is InChI=1S/C37H27FN2O4/c38-32-14-8-7-13-27(32)23-42-28-17-15-26(16-18-28)35-30-20-19-29(21-33(30)44-36(40)31(35)22-39)43-37(41)34(24-9-3-1-4-10-24)25-11-5-2-6-12-25/h1-21,34-35H,23,40H2. The van der Waals surface area contributed by atoms with Gasteiger partial charge in [0.15, 0.2) is 0 Å². The minimum Gasteiger partial charge on any atom is -0.489 e. The van der Waals surface area contributed by atoms with Crippen LogP contribution >= 0.6 is 0 Å². The van der Waals surface area contributed by atoms with Crippen LogP contribution in [-0.4, -0.2) is 5.97 Å². The molecule has 1 atom stereocenters. The zero-order chi connectivity index (χ0) is 30.5. The van der Waals surface area contributed by atoms with Gasteiger partial charge in [0.05, 0.1) is 5.92 Å². The molecule has 2 N–H and O–H groups in total. The number of benzene rings is 5. The Morgan fingerprint density at radius 2 is 1.45 bits per heavy atom. The smallest absolute Gasteiger partial charge is 0.323 e. The molecule has 1 aliphatic heterocycles. The van der Waals surface area contributed by atoms with Crippen LogP contribution in [0.4, 0.5) is 4.39 Å². The van der Waals surface area contributed by atoms with Gasteiger partial charge in [0.1, 0.15) is 47.2 Å². The SMILES string of the molecule is N#CC1=C(N)Oc2cc(OC(=O)C(c3ccccc3)c3ccccc3)ccc2C1c1ccc(OCc2ccccc2F)cc1. The second-order valence-corrected chi connectivity index (χ2v) is 10.2. The number of nitrogens with zero attached hydrogens (tertiary/aromatic N) is 1. The zero-order valence-electron chi connectivity index (χ0n) is 23.5. The first-order valence-electron chi connectivity index (χ1n) is 14.0. The molecule has 6 nitrogen and oxygen atoms in total. The number of fused-ring (bicyclic) bond motifs is 1. The van der Waals surface area contributed by atoms with Crippen LogP contribution < -0.4 is 19.9 Å². The molecule has 1 aliphatic rings. The third kappa shape index (κ3) is 5.87. The minimum absolute atomic E-state index is 0.0280. The maximum Gasteiger partial charge on any atom is 0.323 e. The molecule has 0 fully saturated rings. The van der Waals surface area contributed by atoms with Gasteiger partial charge in [-0.15, -0.1) is 0 Å². The van der Waals surface area contributed by atoms with E-state index in [0.717, 1.165) is 16.7 Å². The van der Waals surface area contributed by atoms with Crippen molar-refractivity contribution in [2.24, 2.45) is 5.73 Å². The summed E-state index contributed by atoms with van der Waals surface area (Å²) in [6.07, 6.45) is 0. The first kappa shape index (κ1) is 28.3. The zero-order valence-corrected chi connectivity index (χ0v) is 23.5. The van der Waals surface area contributed by atoms with Gasteiger partial charge in [-0.1, -0.05) is 97.1 Å². The molecule has 0 bridgehead atoms. The number of carbonyl (C=O) groups excluding carboxylic acids is 1. The van der Waals surface area contributed by atoms with Gasteiger partial charge in [-0.05, 0) is 41.0 Å². The van der Waals surface area contributed by atoms with E-state index in [-0.39, 0.29) is 29.6 Å². The number of carbonyl (C=O) groups is 1. The lowest BCUT2D eigenvalue weighted by atomic mass is 9.83.